The second kappa shape index (κ2) is 8.80. The highest BCUT2D eigenvalue weighted by Gasteiger charge is 2.16. The summed E-state index contributed by atoms with van der Waals surface area (Å²) in [4.78, 5) is 20.1. The smallest absolute Gasteiger partial charge is 0.271 e. The molecule has 0 bridgehead atoms. The molecule has 1 aromatic carbocycles. The number of hydrogen-bond acceptors (Lipinski definition) is 7. The van der Waals surface area contributed by atoms with Gasteiger partial charge in [0, 0.05) is 6.07 Å². The van der Waals surface area contributed by atoms with E-state index < -0.39 is 23.2 Å². The SMILES string of the molecule is CC(CO)N=C(N)c1c(Nc2ccc(Oc3cccc(F)c3F)nc2)s[nH]c1=O. The molecule has 1 atom stereocenters. The Bertz CT molecular complexity index is 1080. The number of benzene rings is 1. The summed E-state index contributed by atoms with van der Waals surface area (Å²) in [6.45, 7) is 1.45. The zero-order chi connectivity index (χ0) is 21.0. The number of aromatic nitrogens is 2. The molecule has 0 spiro atoms. The first-order chi connectivity index (χ1) is 13.9. The first kappa shape index (κ1) is 20.4. The molecule has 3 rings (SSSR count). The number of nitrogens with zero attached hydrogens (tertiary/aromatic N) is 2. The first-order valence-corrected chi connectivity index (χ1v) is 9.21. The van der Waals surface area contributed by atoms with E-state index in [-0.39, 0.29) is 29.6 Å². The summed E-state index contributed by atoms with van der Waals surface area (Å²) in [6, 6.07) is 6.17. The average Bonchev–Trinajstić information content (AvgIpc) is 3.07. The Morgan fingerprint density at radius 3 is 2.90 bits per heavy atom. The van der Waals surface area contributed by atoms with Crippen molar-refractivity contribution in [2.45, 2.75) is 13.0 Å². The van der Waals surface area contributed by atoms with Crippen LogP contribution in [0.2, 0.25) is 0 Å². The predicted octanol–water partition coefficient (Wildman–Crippen LogP) is 2.73. The topological polar surface area (TPSA) is 126 Å². The van der Waals surface area contributed by atoms with Crippen molar-refractivity contribution >= 4 is 28.1 Å². The third-order valence-electron chi connectivity index (χ3n) is 3.70. The maximum Gasteiger partial charge on any atom is 0.271 e. The van der Waals surface area contributed by atoms with E-state index in [1.807, 2.05) is 0 Å². The van der Waals surface area contributed by atoms with Crippen molar-refractivity contribution in [1.29, 1.82) is 0 Å². The third-order valence-corrected chi connectivity index (χ3v) is 4.50. The van der Waals surface area contributed by atoms with Crippen LogP contribution < -0.4 is 21.3 Å². The van der Waals surface area contributed by atoms with Gasteiger partial charge in [0.25, 0.3) is 5.56 Å². The molecule has 152 valence electrons. The fourth-order valence-electron chi connectivity index (χ4n) is 2.29. The van der Waals surface area contributed by atoms with Crippen LogP contribution in [0.1, 0.15) is 12.5 Å². The number of H-pyrrole nitrogens is 1. The number of amidine groups is 1. The lowest BCUT2D eigenvalue weighted by atomic mass is 10.3. The zero-order valence-electron chi connectivity index (χ0n) is 15.1. The van der Waals surface area contributed by atoms with Crippen LogP contribution in [0.4, 0.5) is 19.5 Å². The Morgan fingerprint density at radius 2 is 2.21 bits per heavy atom. The molecule has 0 saturated heterocycles. The summed E-state index contributed by atoms with van der Waals surface area (Å²) in [5.74, 6) is -2.37. The van der Waals surface area contributed by atoms with Crippen LogP contribution in [0.5, 0.6) is 11.6 Å². The number of pyridine rings is 1. The van der Waals surface area contributed by atoms with Crippen LogP contribution in [-0.4, -0.2) is 32.9 Å². The minimum atomic E-state index is -1.11. The van der Waals surface area contributed by atoms with Crippen LogP contribution in [-0.2, 0) is 0 Å². The molecule has 5 N–H and O–H groups in total. The van der Waals surface area contributed by atoms with Gasteiger partial charge < -0.3 is 20.9 Å². The lowest BCUT2D eigenvalue weighted by Crippen LogP contribution is -2.24. The highest BCUT2D eigenvalue weighted by atomic mass is 32.1. The molecule has 3 aromatic rings. The lowest BCUT2D eigenvalue weighted by Gasteiger charge is -2.09. The van der Waals surface area contributed by atoms with Crippen molar-refractivity contribution in [3.8, 4) is 11.6 Å². The van der Waals surface area contributed by atoms with E-state index >= 15 is 0 Å². The van der Waals surface area contributed by atoms with Crippen molar-refractivity contribution in [2.75, 3.05) is 11.9 Å². The fraction of sp³-hybridized carbons (Fsp3) is 0.167. The summed E-state index contributed by atoms with van der Waals surface area (Å²) in [5.41, 5.74) is 6.12. The molecule has 0 saturated carbocycles. The number of ether oxygens (including phenoxy) is 1. The summed E-state index contributed by atoms with van der Waals surface area (Å²) < 4.78 is 34.7. The number of hydrogen-bond donors (Lipinski definition) is 4. The van der Waals surface area contributed by atoms with E-state index in [1.165, 1.54) is 24.4 Å². The number of anilines is 2. The van der Waals surface area contributed by atoms with E-state index in [2.05, 4.69) is 19.7 Å². The molecule has 0 amide bonds. The van der Waals surface area contributed by atoms with Crippen LogP contribution in [0.15, 0.2) is 46.3 Å². The number of aliphatic imine (C=N–C) groups is 1. The van der Waals surface area contributed by atoms with E-state index in [0.717, 1.165) is 17.6 Å². The summed E-state index contributed by atoms with van der Waals surface area (Å²) in [5, 5.41) is 12.5. The molecule has 0 aliphatic rings. The van der Waals surface area contributed by atoms with Gasteiger partial charge in [-0.1, -0.05) is 6.07 Å². The van der Waals surface area contributed by atoms with Crippen molar-refractivity contribution in [3.63, 3.8) is 0 Å². The molecule has 0 radical (unpaired) electrons. The Hall–Kier alpha value is -3.31. The second-order valence-corrected chi connectivity index (χ2v) is 6.76. The Kier molecular flexibility index (Phi) is 6.20. The summed E-state index contributed by atoms with van der Waals surface area (Å²) in [6.07, 6.45) is 1.39. The normalized spacial score (nSPS) is 12.6. The van der Waals surface area contributed by atoms with Gasteiger partial charge in [-0.15, -0.1) is 0 Å². The number of aliphatic hydroxyl groups excluding tert-OH is 1. The predicted molar refractivity (Wildman–Crippen MR) is 106 cm³/mol. The molecule has 0 fully saturated rings. The van der Waals surface area contributed by atoms with Crippen molar-refractivity contribution in [2.24, 2.45) is 10.7 Å². The van der Waals surface area contributed by atoms with Crippen LogP contribution >= 0.6 is 11.5 Å². The fourth-order valence-corrected chi connectivity index (χ4v) is 3.05. The number of nitrogens with two attached hydrogens (primary N) is 1. The highest BCUT2D eigenvalue weighted by molar-refractivity contribution is 7.10. The molecule has 29 heavy (non-hydrogen) atoms. The minimum Gasteiger partial charge on any atom is -0.436 e. The number of aromatic amines is 1. The number of rotatable bonds is 7. The zero-order valence-corrected chi connectivity index (χ0v) is 16.0. The molecule has 8 nitrogen and oxygen atoms in total. The minimum absolute atomic E-state index is 0.00829. The van der Waals surface area contributed by atoms with Gasteiger partial charge in [-0.2, -0.15) is 4.39 Å². The standard InChI is InChI=1S/C18H17F2N5O3S/c1-9(8-26)23-16(21)14-17(27)25-29-18(14)24-10-5-6-13(22-7-10)28-12-4-2-3-11(19)15(12)20/h2-7,9,24,26H,8H2,1H3,(H2,21,23)(H,25,27). The highest BCUT2D eigenvalue weighted by Crippen LogP contribution is 2.27. The van der Waals surface area contributed by atoms with E-state index in [0.29, 0.717) is 10.7 Å². The third kappa shape index (κ3) is 4.76. The first-order valence-electron chi connectivity index (χ1n) is 8.40. The molecule has 1 unspecified atom stereocenters. The molecular weight excluding hydrogens is 404 g/mol. The molecule has 0 aliphatic carbocycles. The van der Waals surface area contributed by atoms with Crippen LogP contribution in [0.3, 0.4) is 0 Å². The Morgan fingerprint density at radius 1 is 1.41 bits per heavy atom. The van der Waals surface area contributed by atoms with Gasteiger partial charge in [0.05, 0.1) is 24.5 Å². The second-order valence-electron chi connectivity index (χ2n) is 5.95. The van der Waals surface area contributed by atoms with Gasteiger partial charge >= 0.3 is 0 Å². The largest absolute Gasteiger partial charge is 0.436 e. The van der Waals surface area contributed by atoms with Crippen molar-refractivity contribution in [3.05, 3.63) is 64.1 Å². The molecule has 2 aromatic heterocycles. The van der Waals surface area contributed by atoms with Gasteiger partial charge in [-0.05, 0) is 36.7 Å². The average molecular weight is 421 g/mol. The van der Waals surface area contributed by atoms with E-state index in [4.69, 9.17) is 15.6 Å². The van der Waals surface area contributed by atoms with Gasteiger partial charge in [-0.3, -0.25) is 14.2 Å². The molecule has 2 heterocycles. The maximum absolute atomic E-state index is 13.7. The van der Waals surface area contributed by atoms with Crippen molar-refractivity contribution < 1.29 is 18.6 Å². The number of aliphatic hydroxyl groups is 1. The van der Waals surface area contributed by atoms with Gasteiger partial charge in [0.2, 0.25) is 11.7 Å². The quantitative estimate of drug-likeness (QED) is 0.343. The lowest BCUT2D eigenvalue weighted by molar-refractivity contribution is 0.274. The Labute approximate surface area is 167 Å². The molecular formula is C18H17F2N5O3S. The molecule has 11 heteroatoms. The summed E-state index contributed by atoms with van der Waals surface area (Å²) >= 11 is 1.02. The Balaban J connectivity index is 1.78. The molecule has 0 aliphatic heterocycles. The monoisotopic (exact) mass is 421 g/mol. The van der Waals surface area contributed by atoms with Crippen molar-refractivity contribution in [1.82, 2.24) is 9.36 Å². The maximum atomic E-state index is 13.7. The van der Waals surface area contributed by atoms with Gasteiger partial charge in [-0.25, -0.2) is 9.37 Å². The summed E-state index contributed by atoms with van der Waals surface area (Å²) in [7, 11) is 0. The van der Waals surface area contributed by atoms with Crippen LogP contribution in [0.25, 0.3) is 0 Å². The van der Waals surface area contributed by atoms with E-state index in [1.54, 1.807) is 13.0 Å². The number of halogens is 2. The van der Waals surface area contributed by atoms with Gasteiger partial charge in [0.15, 0.2) is 11.6 Å². The van der Waals surface area contributed by atoms with Crippen LogP contribution in [0, 0.1) is 11.6 Å². The number of nitrogens with one attached hydrogen (secondary N) is 2. The van der Waals surface area contributed by atoms with E-state index in [9.17, 15) is 13.6 Å². The van der Waals surface area contributed by atoms with Gasteiger partial charge in [0.1, 0.15) is 16.4 Å².